The second-order valence-corrected chi connectivity index (χ2v) is 4.21. The van der Waals surface area contributed by atoms with Crippen LogP contribution >= 0.6 is 0 Å². The molecular formula is C12H18N2O3. The summed E-state index contributed by atoms with van der Waals surface area (Å²) in [5, 5.41) is 2.55. The first-order valence-corrected chi connectivity index (χ1v) is 5.59. The summed E-state index contributed by atoms with van der Waals surface area (Å²) in [7, 11) is 1.57. The molecule has 1 amide bonds. The lowest BCUT2D eigenvalue weighted by Crippen LogP contribution is -2.32. The zero-order valence-electron chi connectivity index (χ0n) is 10.7. The number of nitrogens with one attached hydrogen (secondary N) is 1. The molecule has 1 heterocycles. The van der Waals surface area contributed by atoms with Crippen molar-refractivity contribution in [1.29, 1.82) is 0 Å². The largest absolute Gasteiger partial charge is 0.463 e. The molecule has 0 radical (unpaired) electrons. The van der Waals surface area contributed by atoms with E-state index in [1.165, 1.54) is 0 Å². The maximum atomic E-state index is 11.8. The smallest absolute Gasteiger partial charge is 0.336 e. The Labute approximate surface area is 101 Å². The van der Waals surface area contributed by atoms with Crippen LogP contribution in [0.5, 0.6) is 0 Å². The van der Waals surface area contributed by atoms with Crippen LogP contribution in [0.3, 0.4) is 0 Å². The Kier molecular flexibility index (Phi) is 4.04. The van der Waals surface area contributed by atoms with Gasteiger partial charge in [-0.2, -0.15) is 0 Å². The topological polar surface area (TPSA) is 67.8 Å². The fourth-order valence-electron chi connectivity index (χ4n) is 1.92. The number of nitrogens with zero attached hydrogens (tertiary/aromatic N) is 1. The quantitative estimate of drug-likeness (QED) is 0.744. The number of aliphatic imine (C=N–C) groups is 1. The number of amides is 1. The average Bonchev–Trinajstić information content (AvgIpc) is 2.54. The van der Waals surface area contributed by atoms with E-state index in [9.17, 15) is 9.59 Å². The Hall–Kier alpha value is -1.65. The van der Waals surface area contributed by atoms with Crippen molar-refractivity contribution in [2.45, 2.75) is 27.2 Å². The van der Waals surface area contributed by atoms with Crippen LogP contribution in [0.25, 0.3) is 0 Å². The molecule has 17 heavy (non-hydrogen) atoms. The van der Waals surface area contributed by atoms with Gasteiger partial charge in [0.15, 0.2) is 0 Å². The highest BCUT2D eigenvalue weighted by Crippen LogP contribution is 2.37. The number of carbonyl (C=O) groups excluding carboxylic acids is 2. The van der Waals surface area contributed by atoms with E-state index in [0.717, 1.165) is 0 Å². The van der Waals surface area contributed by atoms with E-state index in [2.05, 4.69) is 10.3 Å². The van der Waals surface area contributed by atoms with Gasteiger partial charge in [-0.3, -0.25) is 9.79 Å². The molecule has 0 saturated carbocycles. The van der Waals surface area contributed by atoms with Crippen LogP contribution in [0.1, 0.15) is 27.2 Å². The van der Waals surface area contributed by atoms with Crippen molar-refractivity contribution in [2.24, 2.45) is 10.4 Å². The van der Waals surface area contributed by atoms with Gasteiger partial charge in [-0.05, 0) is 20.8 Å². The van der Waals surface area contributed by atoms with Crippen LogP contribution in [0.15, 0.2) is 16.3 Å². The predicted octanol–water partition coefficient (Wildman–Crippen LogP) is 1.05. The summed E-state index contributed by atoms with van der Waals surface area (Å²) in [4.78, 5) is 27.4. The van der Waals surface area contributed by atoms with Crippen LogP contribution in [-0.4, -0.2) is 31.7 Å². The minimum Gasteiger partial charge on any atom is -0.463 e. The first kappa shape index (κ1) is 13.4. The molecule has 0 spiro atoms. The highest BCUT2D eigenvalue weighted by molar-refractivity contribution is 6.00. The lowest BCUT2D eigenvalue weighted by molar-refractivity contribution is -0.139. The molecule has 94 valence electrons. The second kappa shape index (κ2) is 5.12. The third-order valence-corrected chi connectivity index (χ3v) is 2.76. The Morgan fingerprint density at radius 3 is 2.71 bits per heavy atom. The molecule has 0 aromatic rings. The van der Waals surface area contributed by atoms with Crippen molar-refractivity contribution in [1.82, 2.24) is 5.32 Å². The highest BCUT2D eigenvalue weighted by atomic mass is 16.5. The summed E-state index contributed by atoms with van der Waals surface area (Å²) in [6.45, 7) is 5.62. The van der Waals surface area contributed by atoms with E-state index in [1.807, 2.05) is 6.92 Å². The molecule has 5 nitrogen and oxygen atoms in total. The van der Waals surface area contributed by atoms with Gasteiger partial charge in [-0.25, -0.2) is 4.79 Å². The zero-order chi connectivity index (χ0) is 13.1. The van der Waals surface area contributed by atoms with Gasteiger partial charge < -0.3 is 10.1 Å². The van der Waals surface area contributed by atoms with Crippen LogP contribution < -0.4 is 5.32 Å². The molecule has 1 N–H and O–H groups in total. The molecule has 0 fully saturated rings. The number of esters is 1. The Morgan fingerprint density at radius 1 is 1.53 bits per heavy atom. The molecule has 0 saturated heterocycles. The van der Waals surface area contributed by atoms with Crippen LogP contribution in [0.4, 0.5) is 0 Å². The molecule has 0 aliphatic carbocycles. The Balaban J connectivity index is 2.97. The summed E-state index contributed by atoms with van der Waals surface area (Å²) in [5.41, 5.74) is 0.425. The van der Waals surface area contributed by atoms with E-state index in [1.54, 1.807) is 27.1 Å². The molecule has 1 unspecified atom stereocenters. The normalized spacial score (nSPS) is 22.8. The summed E-state index contributed by atoms with van der Waals surface area (Å²) >= 11 is 0. The third kappa shape index (κ3) is 2.72. The van der Waals surface area contributed by atoms with Gasteiger partial charge >= 0.3 is 5.97 Å². The third-order valence-electron chi connectivity index (χ3n) is 2.76. The van der Waals surface area contributed by atoms with Crippen molar-refractivity contribution in [3.05, 3.63) is 11.3 Å². The fourth-order valence-corrected chi connectivity index (χ4v) is 1.92. The summed E-state index contributed by atoms with van der Waals surface area (Å²) < 4.78 is 5.00. The standard InChI is InChI=1S/C12H18N2O3/c1-5-17-11(16)10-8(2)14-7-12(10,3)6-9(15)13-4/h7H,5-6H2,1-4H3,(H,13,15). The van der Waals surface area contributed by atoms with Crippen molar-refractivity contribution in [3.8, 4) is 0 Å². The number of rotatable bonds is 4. The number of hydrogen-bond acceptors (Lipinski definition) is 4. The monoisotopic (exact) mass is 238 g/mol. The molecule has 1 rings (SSSR count). The summed E-state index contributed by atoms with van der Waals surface area (Å²) in [5.74, 6) is -0.524. The predicted molar refractivity (Wildman–Crippen MR) is 64.6 cm³/mol. The van der Waals surface area contributed by atoms with E-state index in [0.29, 0.717) is 17.9 Å². The van der Waals surface area contributed by atoms with Crippen LogP contribution in [-0.2, 0) is 14.3 Å². The van der Waals surface area contributed by atoms with Gasteiger partial charge in [0.1, 0.15) is 0 Å². The van der Waals surface area contributed by atoms with E-state index < -0.39 is 11.4 Å². The van der Waals surface area contributed by atoms with Gasteiger partial charge in [-0.15, -0.1) is 0 Å². The Morgan fingerprint density at radius 2 is 2.18 bits per heavy atom. The molecule has 1 aliphatic heterocycles. The Bertz CT molecular complexity index is 399. The molecule has 0 aromatic heterocycles. The second-order valence-electron chi connectivity index (χ2n) is 4.21. The SMILES string of the molecule is CCOC(=O)C1=C(C)N=CC1(C)CC(=O)NC. The van der Waals surface area contributed by atoms with Crippen molar-refractivity contribution >= 4 is 18.1 Å². The van der Waals surface area contributed by atoms with Gasteiger partial charge in [0.2, 0.25) is 5.91 Å². The lowest BCUT2D eigenvalue weighted by Gasteiger charge is -2.22. The van der Waals surface area contributed by atoms with Crippen molar-refractivity contribution in [3.63, 3.8) is 0 Å². The summed E-state index contributed by atoms with van der Waals surface area (Å²) in [6.07, 6.45) is 1.84. The number of hydrogen-bond donors (Lipinski definition) is 1. The zero-order valence-corrected chi connectivity index (χ0v) is 10.7. The van der Waals surface area contributed by atoms with Crippen molar-refractivity contribution in [2.75, 3.05) is 13.7 Å². The summed E-state index contributed by atoms with van der Waals surface area (Å²) in [6, 6.07) is 0. The van der Waals surface area contributed by atoms with Crippen LogP contribution in [0.2, 0.25) is 0 Å². The average molecular weight is 238 g/mol. The molecule has 5 heteroatoms. The van der Waals surface area contributed by atoms with E-state index in [-0.39, 0.29) is 12.3 Å². The fraction of sp³-hybridized carbons (Fsp3) is 0.583. The van der Waals surface area contributed by atoms with Gasteiger partial charge in [0, 0.05) is 30.8 Å². The van der Waals surface area contributed by atoms with Gasteiger partial charge in [0.25, 0.3) is 0 Å². The maximum absolute atomic E-state index is 11.8. The number of ether oxygens (including phenoxy) is 1. The minimum absolute atomic E-state index is 0.129. The first-order valence-electron chi connectivity index (χ1n) is 5.59. The van der Waals surface area contributed by atoms with E-state index in [4.69, 9.17) is 4.74 Å². The van der Waals surface area contributed by atoms with Crippen molar-refractivity contribution < 1.29 is 14.3 Å². The van der Waals surface area contributed by atoms with Gasteiger partial charge in [-0.1, -0.05) is 0 Å². The van der Waals surface area contributed by atoms with Crippen LogP contribution in [0, 0.1) is 5.41 Å². The minimum atomic E-state index is -0.670. The molecule has 0 aromatic carbocycles. The molecule has 1 aliphatic rings. The molecular weight excluding hydrogens is 220 g/mol. The molecule has 0 bridgehead atoms. The maximum Gasteiger partial charge on any atom is 0.336 e. The van der Waals surface area contributed by atoms with E-state index >= 15 is 0 Å². The molecule has 1 atom stereocenters. The number of allylic oxidation sites excluding steroid dienone is 1. The van der Waals surface area contributed by atoms with Gasteiger partial charge in [0.05, 0.1) is 12.2 Å². The number of carbonyl (C=O) groups is 2. The first-order chi connectivity index (χ1) is 7.94. The highest BCUT2D eigenvalue weighted by Gasteiger charge is 2.39. The lowest BCUT2D eigenvalue weighted by atomic mass is 9.80.